The van der Waals surface area contributed by atoms with Gasteiger partial charge >= 0.3 is 0 Å². The zero-order valence-corrected chi connectivity index (χ0v) is 19.8. The SMILES string of the molecule is CCCCCCCCc1cnc(-c2ccc(OCCC(F)CCC(C)CC)cc2)nc1. The Balaban J connectivity index is 1.71. The van der Waals surface area contributed by atoms with Crippen molar-refractivity contribution >= 4 is 0 Å². The molecule has 4 heteroatoms. The number of halogens is 1. The first-order valence-corrected chi connectivity index (χ1v) is 12.3. The first kappa shape index (κ1) is 25.3. The monoisotopic (exact) mass is 428 g/mol. The van der Waals surface area contributed by atoms with Gasteiger partial charge in [0, 0.05) is 24.4 Å². The summed E-state index contributed by atoms with van der Waals surface area (Å²) >= 11 is 0. The lowest BCUT2D eigenvalue weighted by molar-refractivity contribution is 0.217. The minimum atomic E-state index is -0.781. The van der Waals surface area contributed by atoms with Gasteiger partial charge in [0.2, 0.25) is 0 Å². The normalized spacial score (nSPS) is 13.2. The maximum absolute atomic E-state index is 14.0. The van der Waals surface area contributed by atoms with Crippen molar-refractivity contribution in [1.29, 1.82) is 0 Å². The molecule has 172 valence electrons. The van der Waals surface area contributed by atoms with E-state index < -0.39 is 6.17 Å². The van der Waals surface area contributed by atoms with Crippen molar-refractivity contribution in [2.75, 3.05) is 6.61 Å². The number of hydrogen-bond donors (Lipinski definition) is 0. The van der Waals surface area contributed by atoms with Crippen LogP contribution < -0.4 is 4.74 Å². The van der Waals surface area contributed by atoms with Crippen molar-refractivity contribution in [2.24, 2.45) is 5.92 Å². The number of ether oxygens (including phenoxy) is 1. The largest absolute Gasteiger partial charge is 0.493 e. The summed E-state index contributed by atoms with van der Waals surface area (Å²) in [5.74, 6) is 2.09. The van der Waals surface area contributed by atoms with Gasteiger partial charge in [-0.05, 0) is 61.4 Å². The molecule has 0 aliphatic carbocycles. The third-order valence-corrected chi connectivity index (χ3v) is 6.01. The molecule has 1 aromatic carbocycles. The molecule has 3 nitrogen and oxygen atoms in total. The van der Waals surface area contributed by atoms with E-state index in [1.165, 1.54) is 44.1 Å². The molecule has 0 fully saturated rings. The molecule has 0 amide bonds. The van der Waals surface area contributed by atoms with E-state index in [0.717, 1.165) is 36.4 Å². The van der Waals surface area contributed by atoms with E-state index in [1.807, 2.05) is 36.7 Å². The van der Waals surface area contributed by atoms with Gasteiger partial charge in [0.05, 0.1) is 6.61 Å². The smallest absolute Gasteiger partial charge is 0.159 e. The van der Waals surface area contributed by atoms with Crippen LogP contribution >= 0.6 is 0 Å². The average Bonchev–Trinajstić information content (AvgIpc) is 2.80. The molecule has 1 aromatic heterocycles. The summed E-state index contributed by atoms with van der Waals surface area (Å²) in [4.78, 5) is 9.06. The number of hydrogen-bond acceptors (Lipinski definition) is 3. The van der Waals surface area contributed by atoms with Crippen LogP contribution in [0.4, 0.5) is 4.39 Å². The van der Waals surface area contributed by atoms with Crippen LogP contribution in [0.5, 0.6) is 5.75 Å². The van der Waals surface area contributed by atoms with Crippen molar-refractivity contribution < 1.29 is 9.13 Å². The number of benzene rings is 1. The molecule has 1 heterocycles. The molecule has 0 aliphatic heterocycles. The van der Waals surface area contributed by atoms with Gasteiger partial charge < -0.3 is 4.74 Å². The van der Waals surface area contributed by atoms with Crippen molar-refractivity contribution in [3.63, 3.8) is 0 Å². The molecule has 0 N–H and O–H groups in total. The number of alkyl halides is 1. The van der Waals surface area contributed by atoms with Crippen molar-refractivity contribution in [2.45, 2.75) is 97.6 Å². The first-order valence-electron chi connectivity index (χ1n) is 12.3. The minimum Gasteiger partial charge on any atom is -0.493 e. The van der Waals surface area contributed by atoms with Gasteiger partial charge in [0.15, 0.2) is 5.82 Å². The Morgan fingerprint density at radius 2 is 1.55 bits per heavy atom. The van der Waals surface area contributed by atoms with Crippen LogP contribution in [0.15, 0.2) is 36.7 Å². The Hall–Kier alpha value is -1.97. The maximum atomic E-state index is 14.0. The van der Waals surface area contributed by atoms with Gasteiger partial charge in [-0.1, -0.05) is 59.3 Å². The second kappa shape index (κ2) is 14.9. The Bertz CT molecular complexity index is 702. The van der Waals surface area contributed by atoms with Crippen molar-refractivity contribution in [1.82, 2.24) is 9.97 Å². The van der Waals surface area contributed by atoms with E-state index in [4.69, 9.17) is 4.74 Å². The fourth-order valence-corrected chi connectivity index (χ4v) is 3.56. The van der Waals surface area contributed by atoms with Crippen LogP contribution in [-0.4, -0.2) is 22.7 Å². The molecule has 2 aromatic rings. The Kier molecular flexibility index (Phi) is 12.2. The molecule has 0 saturated carbocycles. The second-order valence-electron chi connectivity index (χ2n) is 8.78. The van der Waals surface area contributed by atoms with E-state index in [0.29, 0.717) is 25.4 Å². The van der Waals surface area contributed by atoms with Crippen LogP contribution in [0.1, 0.15) is 90.5 Å². The highest BCUT2D eigenvalue weighted by atomic mass is 19.1. The quantitative estimate of drug-likeness (QED) is 0.254. The third-order valence-electron chi connectivity index (χ3n) is 6.01. The van der Waals surface area contributed by atoms with E-state index in [-0.39, 0.29) is 0 Å². The zero-order valence-electron chi connectivity index (χ0n) is 19.8. The average molecular weight is 429 g/mol. The van der Waals surface area contributed by atoms with Gasteiger partial charge in [-0.3, -0.25) is 0 Å². The van der Waals surface area contributed by atoms with Gasteiger partial charge in [-0.15, -0.1) is 0 Å². The third kappa shape index (κ3) is 10.3. The fourth-order valence-electron chi connectivity index (χ4n) is 3.56. The topological polar surface area (TPSA) is 35.0 Å². The number of unbranched alkanes of at least 4 members (excludes halogenated alkanes) is 5. The number of aryl methyl sites for hydroxylation is 1. The summed E-state index contributed by atoms with van der Waals surface area (Å²) in [5, 5.41) is 0. The summed E-state index contributed by atoms with van der Waals surface area (Å²) in [6.07, 6.45) is 15.1. The summed E-state index contributed by atoms with van der Waals surface area (Å²) in [7, 11) is 0. The van der Waals surface area contributed by atoms with E-state index in [1.54, 1.807) is 0 Å². The lowest BCUT2D eigenvalue weighted by Gasteiger charge is -2.12. The van der Waals surface area contributed by atoms with Crippen molar-refractivity contribution in [3.8, 4) is 17.1 Å². The van der Waals surface area contributed by atoms with Crippen molar-refractivity contribution in [3.05, 3.63) is 42.2 Å². The van der Waals surface area contributed by atoms with Crippen LogP contribution in [0, 0.1) is 5.92 Å². The van der Waals surface area contributed by atoms with Crippen LogP contribution in [0.2, 0.25) is 0 Å². The Morgan fingerprint density at radius 3 is 2.23 bits per heavy atom. The number of nitrogens with zero attached hydrogens (tertiary/aromatic N) is 2. The molecule has 0 aliphatic rings. The van der Waals surface area contributed by atoms with Crippen LogP contribution in [-0.2, 0) is 6.42 Å². The molecule has 2 atom stereocenters. The summed E-state index contributed by atoms with van der Waals surface area (Å²) in [6.45, 7) is 6.99. The minimum absolute atomic E-state index is 0.407. The number of rotatable bonds is 16. The Labute approximate surface area is 188 Å². The molecule has 0 saturated heterocycles. The number of aromatic nitrogens is 2. The lowest BCUT2D eigenvalue weighted by atomic mass is 10.0. The first-order chi connectivity index (χ1) is 15.1. The maximum Gasteiger partial charge on any atom is 0.159 e. The van der Waals surface area contributed by atoms with E-state index >= 15 is 0 Å². The highest BCUT2D eigenvalue weighted by Gasteiger charge is 2.09. The highest BCUT2D eigenvalue weighted by molar-refractivity contribution is 5.55. The lowest BCUT2D eigenvalue weighted by Crippen LogP contribution is -2.09. The van der Waals surface area contributed by atoms with E-state index in [2.05, 4.69) is 30.7 Å². The van der Waals surface area contributed by atoms with E-state index in [9.17, 15) is 4.39 Å². The standard InChI is InChI=1S/C27H41FN2O/c1-4-6-7-8-9-10-11-23-20-29-27(30-21-23)24-13-16-26(17-14-24)31-19-18-25(28)15-12-22(3)5-2/h13-14,16-17,20-22,25H,4-12,15,18-19H2,1-3H3. The summed E-state index contributed by atoms with van der Waals surface area (Å²) in [5.41, 5.74) is 2.17. The summed E-state index contributed by atoms with van der Waals surface area (Å²) in [6, 6.07) is 7.76. The fraction of sp³-hybridized carbons (Fsp3) is 0.630. The van der Waals surface area contributed by atoms with Gasteiger partial charge in [0.25, 0.3) is 0 Å². The van der Waals surface area contributed by atoms with Gasteiger partial charge in [0.1, 0.15) is 11.9 Å². The molecule has 0 radical (unpaired) electrons. The van der Waals surface area contributed by atoms with Gasteiger partial charge in [-0.25, -0.2) is 14.4 Å². The predicted octanol–water partition coefficient (Wildman–Crippen LogP) is 7.98. The molecule has 0 spiro atoms. The summed E-state index contributed by atoms with van der Waals surface area (Å²) < 4.78 is 19.7. The molecular weight excluding hydrogens is 387 g/mol. The highest BCUT2D eigenvalue weighted by Crippen LogP contribution is 2.21. The molecule has 31 heavy (non-hydrogen) atoms. The van der Waals surface area contributed by atoms with Crippen LogP contribution in [0.3, 0.4) is 0 Å². The second-order valence-corrected chi connectivity index (χ2v) is 8.78. The molecule has 2 unspecified atom stereocenters. The molecular formula is C27H41FN2O. The molecule has 2 rings (SSSR count). The molecule has 0 bridgehead atoms. The van der Waals surface area contributed by atoms with Crippen LogP contribution in [0.25, 0.3) is 11.4 Å². The Morgan fingerprint density at radius 1 is 0.871 bits per heavy atom. The predicted molar refractivity (Wildman–Crippen MR) is 128 cm³/mol. The van der Waals surface area contributed by atoms with Gasteiger partial charge in [-0.2, -0.15) is 0 Å². The zero-order chi connectivity index (χ0) is 22.3.